The quantitative estimate of drug-likeness (QED) is 0.693. The highest BCUT2D eigenvalue weighted by Gasteiger charge is 2.31. The lowest BCUT2D eigenvalue weighted by Crippen LogP contribution is -2.25. The topological polar surface area (TPSA) is 95.3 Å². The molecule has 0 saturated carbocycles. The van der Waals surface area contributed by atoms with Crippen molar-refractivity contribution in [2.24, 2.45) is 5.73 Å². The van der Waals surface area contributed by atoms with Crippen LogP contribution in [0.25, 0.3) is 5.69 Å². The van der Waals surface area contributed by atoms with Gasteiger partial charge in [0.1, 0.15) is 5.75 Å². The second-order valence-electron chi connectivity index (χ2n) is 6.00. The average molecular weight is 394 g/mol. The van der Waals surface area contributed by atoms with Crippen LogP contribution in [0.5, 0.6) is 11.6 Å². The number of alkyl halides is 3. The summed E-state index contributed by atoms with van der Waals surface area (Å²) in [6.07, 6.45) is -1.64. The Morgan fingerprint density at radius 3 is 2.46 bits per heavy atom. The van der Waals surface area contributed by atoms with Crippen molar-refractivity contribution in [3.8, 4) is 17.3 Å². The molecule has 0 atom stereocenters. The molecule has 0 spiro atoms. The van der Waals surface area contributed by atoms with Crippen LogP contribution in [0.4, 0.5) is 13.2 Å². The maximum Gasteiger partial charge on any atom is 0.573 e. The highest BCUT2D eigenvalue weighted by Crippen LogP contribution is 2.26. The van der Waals surface area contributed by atoms with Crippen LogP contribution in [-0.4, -0.2) is 25.6 Å². The Morgan fingerprint density at radius 1 is 1.18 bits per heavy atom. The molecule has 3 rings (SSSR count). The Morgan fingerprint density at radius 2 is 1.86 bits per heavy atom. The lowest BCUT2D eigenvalue weighted by molar-refractivity contribution is -0.274. The molecule has 3 N–H and O–H groups in total. The van der Waals surface area contributed by atoms with Gasteiger partial charge in [0.25, 0.3) is 0 Å². The number of nitrogens with zero attached hydrogens (tertiary/aromatic N) is 3. The van der Waals surface area contributed by atoms with E-state index in [0.29, 0.717) is 5.69 Å². The number of aromatic hydroxyl groups is 1. The predicted octanol–water partition coefficient (Wildman–Crippen LogP) is 2.45. The van der Waals surface area contributed by atoms with Gasteiger partial charge in [-0.1, -0.05) is 0 Å². The molecule has 0 aliphatic carbocycles. The molecule has 3 aromatic rings. The van der Waals surface area contributed by atoms with Crippen LogP contribution in [0.1, 0.15) is 16.8 Å². The third-order valence-electron chi connectivity index (χ3n) is 4.24. The van der Waals surface area contributed by atoms with E-state index in [4.69, 9.17) is 5.73 Å². The normalized spacial score (nSPS) is 11.6. The number of ether oxygens (including phenoxy) is 1. The minimum absolute atomic E-state index is 0.162. The van der Waals surface area contributed by atoms with E-state index in [1.807, 2.05) is 0 Å². The summed E-state index contributed by atoms with van der Waals surface area (Å²) in [6, 6.07) is 6.37. The van der Waals surface area contributed by atoms with E-state index in [2.05, 4.69) is 9.72 Å². The first kappa shape index (κ1) is 19.5. The van der Waals surface area contributed by atoms with Crippen LogP contribution in [0.15, 0.2) is 47.5 Å². The molecule has 0 bridgehead atoms. The molecule has 0 unspecified atom stereocenters. The van der Waals surface area contributed by atoms with Crippen LogP contribution in [0, 0.1) is 6.92 Å². The number of hydrogen-bond donors (Lipinski definition) is 2. The van der Waals surface area contributed by atoms with Gasteiger partial charge in [0.15, 0.2) is 0 Å². The monoisotopic (exact) mass is 394 g/mol. The molecule has 7 nitrogen and oxygen atoms in total. The van der Waals surface area contributed by atoms with E-state index >= 15 is 0 Å². The second kappa shape index (κ2) is 7.39. The number of halogens is 3. The molecule has 28 heavy (non-hydrogen) atoms. The summed E-state index contributed by atoms with van der Waals surface area (Å²) in [5, 5.41) is 10.4. The van der Waals surface area contributed by atoms with E-state index in [0.717, 1.165) is 27.8 Å². The average Bonchev–Trinajstić information content (AvgIpc) is 2.85. The summed E-state index contributed by atoms with van der Waals surface area (Å²) in [6.45, 7) is 1.97. The van der Waals surface area contributed by atoms with Crippen LogP contribution < -0.4 is 16.2 Å². The second-order valence-corrected chi connectivity index (χ2v) is 6.00. The fraction of sp³-hybridized carbons (Fsp3) is 0.222. The SMILES string of the molecule is Cc1c(O)n(-c2ccc(OC(F)(F)F)cc2)c(=O)n1Cc1ccncc1CN. The molecule has 0 aliphatic rings. The smallest absolute Gasteiger partial charge is 0.493 e. The Kier molecular flexibility index (Phi) is 5.14. The van der Waals surface area contributed by atoms with Gasteiger partial charge in [0, 0.05) is 18.9 Å². The van der Waals surface area contributed by atoms with Gasteiger partial charge in [-0.2, -0.15) is 0 Å². The summed E-state index contributed by atoms with van der Waals surface area (Å²) in [7, 11) is 0. The minimum atomic E-state index is -4.81. The zero-order valence-corrected chi connectivity index (χ0v) is 14.8. The van der Waals surface area contributed by atoms with E-state index in [1.54, 1.807) is 25.4 Å². The largest absolute Gasteiger partial charge is 0.573 e. The molecular formula is C18H17F3N4O3. The zero-order chi connectivity index (χ0) is 20.5. The van der Waals surface area contributed by atoms with Gasteiger partial charge in [0.05, 0.1) is 17.9 Å². The summed E-state index contributed by atoms with van der Waals surface area (Å²) < 4.78 is 43.0. The Labute approximate surface area is 157 Å². The minimum Gasteiger partial charge on any atom is -0.493 e. The van der Waals surface area contributed by atoms with Crippen molar-refractivity contribution in [3.05, 3.63) is 70.0 Å². The fourth-order valence-electron chi connectivity index (χ4n) is 2.82. The maximum absolute atomic E-state index is 12.8. The Balaban J connectivity index is 1.98. The van der Waals surface area contributed by atoms with Gasteiger partial charge >= 0.3 is 12.1 Å². The summed E-state index contributed by atoms with van der Waals surface area (Å²) in [5.41, 5.74) is 7.19. The van der Waals surface area contributed by atoms with E-state index in [1.165, 1.54) is 16.7 Å². The van der Waals surface area contributed by atoms with Crippen molar-refractivity contribution in [1.29, 1.82) is 0 Å². The lowest BCUT2D eigenvalue weighted by Gasteiger charge is -2.09. The van der Waals surface area contributed by atoms with Gasteiger partial charge in [-0.3, -0.25) is 9.55 Å². The third-order valence-corrected chi connectivity index (χ3v) is 4.24. The van der Waals surface area contributed by atoms with Gasteiger partial charge in [0.2, 0.25) is 5.88 Å². The van der Waals surface area contributed by atoms with E-state index in [-0.39, 0.29) is 24.7 Å². The number of pyridine rings is 1. The molecular weight excluding hydrogens is 377 g/mol. The molecule has 10 heteroatoms. The summed E-state index contributed by atoms with van der Waals surface area (Å²) in [4.78, 5) is 16.8. The molecule has 1 aromatic carbocycles. The van der Waals surface area contributed by atoms with E-state index < -0.39 is 17.8 Å². The predicted molar refractivity (Wildman–Crippen MR) is 94.3 cm³/mol. The van der Waals surface area contributed by atoms with Crippen LogP contribution in [-0.2, 0) is 13.1 Å². The number of hydrogen-bond acceptors (Lipinski definition) is 5. The Hall–Kier alpha value is -3.27. The van der Waals surface area contributed by atoms with E-state index in [9.17, 15) is 23.1 Å². The fourth-order valence-corrected chi connectivity index (χ4v) is 2.82. The molecule has 0 amide bonds. The number of rotatable bonds is 5. The van der Waals surface area contributed by atoms with Crippen molar-refractivity contribution in [3.63, 3.8) is 0 Å². The van der Waals surface area contributed by atoms with Gasteiger partial charge in [-0.25, -0.2) is 9.36 Å². The van der Waals surface area contributed by atoms with Crippen LogP contribution >= 0.6 is 0 Å². The first-order valence-electron chi connectivity index (χ1n) is 8.20. The molecule has 2 heterocycles. The summed E-state index contributed by atoms with van der Waals surface area (Å²) in [5.74, 6) is -0.734. The highest BCUT2D eigenvalue weighted by molar-refractivity contribution is 5.41. The lowest BCUT2D eigenvalue weighted by atomic mass is 10.1. The number of benzene rings is 1. The van der Waals surface area contributed by atoms with Crippen LogP contribution in [0.3, 0.4) is 0 Å². The number of imidazole rings is 1. The molecule has 0 saturated heterocycles. The molecule has 2 aromatic heterocycles. The number of aromatic nitrogens is 3. The van der Waals surface area contributed by atoms with Crippen molar-refractivity contribution in [2.75, 3.05) is 0 Å². The highest BCUT2D eigenvalue weighted by atomic mass is 19.4. The van der Waals surface area contributed by atoms with Crippen molar-refractivity contribution >= 4 is 0 Å². The molecule has 0 aliphatic heterocycles. The maximum atomic E-state index is 12.8. The molecule has 148 valence electrons. The standard InChI is InChI=1S/C18H17F3N4O3/c1-11-16(26)25(14-2-4-15(5-3-14)28-18(19,20)21)17(27)24(11)10-12-6-7-23-9-13(12)8-22/h2-7,9,26H,8,10,22H2,1H3. The van der Waals surface area contributed by atoms with Crippen molar-refractivity contribution in [1.82, 2.24) is 14.1 Å². The third kappa shape index (κ3) is 3.86. The molecule has 0 fully saturated rings. The zero-order valence-electron chi connectivity index (χ0n) is 14.8. The number of nitrogens with two attached hydrogens (primary N) is 1. The first-order valence-corrected chi connectivity index (χ1v) is 8.20. The van der Waals surface area contributed by atoms with Crippen LogP contribution in [0.2, 0.25) is 0 Å². The van der Waals surface area contributed by atoms with Crippen molar-refractivity contribution in [2.45, 2.75) is 26.4 Å². The van der Waals surface area contributed by atoms with Gasteiger partial charge < -0.3 is 15.6 Å². The Bertz CT molecular complexity index is 1040. The van der Waals surface area contributed by atoms with Crippen molar-refractivity contribution < 1.29 is 23.0 Å². The van der Waals surface area contributed by atoms with Gasteiger partial charge in [-0.05, 0) is 48.4 Å². The first-order chi connectivity index (χ1) is 13.2. The molecule has 0 radical (unpaired) electrons. The summed E-state index contributed by atoms with van der Waals surface area (Å²) >= 11 is 0. The van der Waals surface area contributed by atoms with Gasteiger partial charge in [-0.15, -0.1) is 13.2 Å².